The highest BCUT2D eigenvalue weighted by atomic mass is 32.2. The summed E-state index contributed by atoms with van der Waals surface area (Å²) in [5, 5.41) is 2.95. The molecule has 1 unspecified atom stereocenters. The summed E-state index contributed by atoms with van der Waals surface area (Å²) in [4.78, 5) is 68.4. The largest absolute Gasteiger partial charge is 0.497 e. The minimum Gasteiger partial charge on any atom is -0.497 e. The second-order valence-electron chi connectivity index (χ2n) is 17.8. The molecule has 3 bridgehead atoms. The molecule has 0 spiro atoms. The number of esters is 1. The zero-order valence-electron chi connectivity index (χ0n) is 33.7. The van der Waals surface area contributed by atoms with Gasteiger partial charge in [-0.3, -0.25) is 23.9 Å². The van der Waals surface area contributed by atoms with E-state index >= 15 is 0 Å². The van der Waals surface area contributed by atoms with E-state index in [1.807, 2.05) is 24.3 Å². The molecule has 3 aliphatic heterocycles. The fourth-order valence-corrected chi connectivity index (χ4v) is 10.8. The summed E-state index contributed by atoms with van der Waals surface area (Å²) in [5.41, 5.74) is 0.483. The number of rotatable bonds is 4. The lowest BCUT2D eigenvalue weighted by molar-refractivity contribution is -0.155. The molecule has 1 aromatic heterocycles. The summed E-state index contributed by atoms with van der Waals surface area (Å²) in [6.45, 7) is 1.65. The van der Waals surface area contributed by atoms with Gasteiger partial charge in [0, 0.05) is 24.3 Å². The SMILES string of the molecule is COc1ccc2nc3c(nc2c1)O[C@@H]1C[C@H]2C(=O)N[C@]4(C(=O)NS(=O)(=O)C5(C)CC5)C[C@H]4/C=C\CCCCC[C@H](CC(=O)O[C@@H]4CCCC4CCCCC3)C(=O)N2C1. The predicted octanol–water partition coefficient (Wildman–Crippen LogP) is 5.22. The van der Waals surface area contributed by atoms with Crippen molar-refractivity contribution in [1.82, 2.24) is 24.9 Å². The van der Waals surface area contributed by atoms with E-state index in [0.29, 0.717) is 60.5 Å². The van der Waals surface area contributed by atoms with Gasteiger partial charge in [0.15, 0.2) is 0 Å². The first kappa shape index (κ1) is 40.5. The standard InChI is InChI=1S/C43H57N5O9S/c1-42(20-21-42)58(53,54)47-41(52)43-25-29(43)15-9-5-3-4-7-13-28-22-37(49)57-36-17-11-14-27(36)12-8-6-10-16-33-39(45-34-23-30(55-2)18-19-32(34)44-33)56-31-24-35(38(50)46-43)48(26-31)40(28)51/h9,15,18-19,23,27-29,31,35-36H,3-8,10-14,16-17,20-22,24-26H2,1-2H3,(H,46,50)(H,47,52)/b15-9-/t27?,28-,29-,31-,35+,36-,43-/m1/s1. The lowest BCUT2D eigenvalue weighted by Crippen LogP contribution is -2.57. The fourth-order valence-electron chi connectivity index (χ4n) is 9.46. The van der Waals surface area contributed by atoms with E-state index in [4.69, 9.17) is 24.2 Å². The van der Waals surface area contributed by atoms with Gasteiger partial charge in [-0.1, -0.05) is 37.8 Å². The van der Waals surface area contributed by atoms with Crippen molar-refractivity contribution in [3.05, 3.63) is 36.0 Å². The normalized spacial score (nSPS) is 32.4. The van der Waals surface area contributed by atoms with Crippen molar-refractivity contribution in [1.29, 1.82) is 0 Å². The van der Waals surface area contributed by atoms with Gasteiger partial charge in [0.05, 0.1) is 35.9 Å². The Morgan fingerprint density at radius 1 is 0.966 bits per heavy atom. The molecule has 3 amide bonds. The maximum atomic E-state index is 14.8. The minimum absolute atomic E-state index is 0.0414. The summed E-state index contributed by atoms with van der Waals surface area (Å²) < 4.78 is 46.0. The number of carbonyl (C=O) groups is 4. The van der Waals surface area contributed by atoms with Gasteiger partial charge in [0.25, 0.3) is 5.91 Å². The molecule has 7 atom stereocenters. The van der Waals surface area contributed by atoms with Crippen LogP contribution in [0.3, 0.4) is 0 Å². The number of methoxy groups -OCH3 is 1. The van der Waals surface area contributed by atoms with Crippen molar-refractivity contribution in [2.45, 2.75) is 151 Å². The number of benzene rings is 1. The molecule has 3 aliphatic carbocycles. The summed E-state index contributed by atoms with van der Waals surface area (Å²) in [6, 6.07) is 4.44. The second-order valence-corrected chi connectivity index (χ2v) is 20.0. The van der Waals surface area contributed by atoms with Crippen LogP contribution in [-0.2, 0) is 40.4 Å². The molecule has 3 saturated carbocycles. The number of ether oxygens (including phenoxy) is 3. The molecule has 8 rings (SSSR count). The highest BCUT2D eigenvalue weighted by Gasteiger charge is 2.63. The highest BCUT2D eigenvalue weighted by molar-refractivity contribution is 7.91. The Bertz CT molecular complexity index is 2070. The van der Waals surface area contributed by atoms with Gasteiger partial charge in [-0.25, -0.2) is 18.4 Å². The maximum Gasteiger partial charge on any atom is 0.306 e. The number of aromatic nitrogens is 2. The summed E-state index contributed by atoms with van der Waals surface area (Å²) in [6.07, 6.45) is 14.9. The molecule has 4 fully saturated rings. The summed E-state index contributed by atoms with van der Waals surface area (Å²) >= 11 is 0. The van der Waals surface area contributed by atoms with Gasteiger partial charge in [-0.15, -0.1) is 0 Å². The first-order valence-electron chi connectivity index (χ1n) is 21.4. The average Bonchev–Trinajstić information content (AvgIpc) is 4.00. The van der Waals surface area contributed by atoms with Crippen molar-refractivity contribution >= 4 is 44.7 Å². The molecular formula is C43H57N5O9S. The molecule has 4 heterocycles. The van der Waals surface area contributed by atoms with Gasteiger partial charge in [-0.05, 0) is 102 Å². The molecule has 15 heteroatoms. The molecular weight excluding hydrogens is 763 g/mol. The number of aryl methyl sites for hydroxylation is 1. The Labute approximate surface area is 340 Å². The quantitative estimate of drug-likeness (QED) is 0.305. The summed E-state index contributed by atoms with van der Waals surface area (Å²) in [7, 11) is -2.40. The predicted molar refractivity (Wildman–Crippen MR) is 214 cm³/mol. The molecule has 1 saturated heterocycles. The highest BCUT2D eigenvalue weighted by Crippen LogP contribution is 2.48. The molecule has 14 nitrogen and oxygen atoms in total. The number of amides is 3. The Balaban J connectivity index is 1.14. The smallest absolute Gasteiger partial charge is 0.306 e. The third kappa shape index (κ3) is 8.42. The summed E-state index contributed by atoms with van der Waals surface area (Å²) in [5.74, 6) is -1.99. The van der Waals surface area contributed by atoms with Crippen LogP contribution >= 0.6 is 0 Å². The first-order chi connectivity index (χ1) is 27.9. The Morgan fingerprint density at radius 2 is 1.76 bits per heavy atom. The van der Waals surface area contributed by atoms with Crippen LogP contribution in [0.5, 0.6) is 11.6 Å². The molecule has 6 aliphatic rings. The molecule has 58 heavy (non-hydrogen) atoms. The minimum atomic E-state index is -3.98. The lowest BCUT2D eigenvalue weighted by Gasteiger charge is -2.30. The number of nitrogens with one attached hydrogen (secondary N) is 2. The van der Waals surface area contributed by atoms with E-state index in [-0.39, 0.29) is 43.7 Å². The van der Waals surface area contributed by atoms with Crippen LogP contribution in [0.25, 0.3) is 11.0 Å². The van der Waals surface area contributed by atoms with E-state index < -0.39 is 62.1 Å². The molecule has 314 valence electrons. The number of allylic oxidation sites excluding steroid dienone is 1. The lowest BCUT2D eigenvalue weighted by atomic mass is 9.94. The van der Waals surface area contributed by atoms with Crippen LogP contribution in [0, 0.1) is 17.8 Å². The molecule has 0 radical (unpaired) electrons. The number of fused-ring (bicyclic) bond motifs is 6. The molecule has 2 aromatic rings. The van der Waals surface area contributed by atoms with Crippen LogP contribution in [0.1, 0.15) is 122 Å². The third-order valence-electron chi connectivity index (χ3n) is 13.5. The topological polar surface area (TPSA) is 183 Å². The van der Waals surface area contributed by atoms with Crippen LogP contribution in [0.15, 0.2) is 30.4 Å². The Morgan fingerprint density at radius 3 is 2.57 bits per heavy atom. The first-order valence-corrected chi connectivity index (χ1v) is 22.9. The number of carbonyl (C=O) groups excluding carboxylic acids is 4. The monoisotopic (exact) mass is 819 g/mol. The van der Waals surface area contributed by atoms with Crippen molar-refractivity contribution in [2.24, 2.45) is 17.8 Å². The Hall–Kier alpha value is -4.27. The van der Waals surface area contributed by atoms with E-state index in [1.165, 1.54) is 4.90 Å². The third-order valence-corrected chi connectivity index (χ3v) is 15.7. The van der Waals surface area contributed by atoms with E-state index in [0.717, 1.165) is 64.2 Å². The van der Waals surface area contributed by atoms with Gasteiger partial charge >= 0.3 is 5.97 Å². The van der Waals surface area contributed by atoms with Crippen LogP contribution in [0.2, 0.25) is 0 Å². The van der Waals surface area contributed by atoms with Crippen LogP contribution < -0.4 is 19.5 Å². The van der Waals surface area contributed by atoms with Crippen LogP contribution in [-0.4, -0.2) is 89.2 Å². The number of sulfonamides is 1. The zero-order valence-corrected chi connectivity index (χ0v) is 34.5. The number of hydrogen-bond acceptors (Lipinski definition) is 11. The van der Waals surface area contributed by atoms with Crippen molar-refractivity contribution in [3.8, 4) is 11.6 Å². The van der Waals surface area contributed by atoms with Gasteiger partial charge in [0.2, 0.25) is 27.7 Å². The number of nitrogens with zero attached hydrogens (tertiary/aromatic N) is 3. The Kier molecular flexibility index (Phi) is 11.5. The number of hydrogen-bond donors (Lipinski definition) is 2. The maximum absolute atomic E-state index is 14.8. The van der Waals surface area contributed by atoms with Crippen LogP contribution in [0.4, 0.5) is 0 Å². The molecule has 2 N–H and O–H groups in total. The molecule has 1 aromatic carbocycles. The van der Waals surface area contributed by atoms with Gasteiger partial charge < -0.3 is 24.4 Å². The van der Waals surface area contributed by atoms with Crippen molar-refractivity contribution < 1.29 is 41.8 Å². The average molecular weight is 820 g/mol. The van der Waals surface area contributed by atoms with Gasteiger partial charge in [0.1, 0.15) is 35.2 Å². The van der Waals surface area contributed by atoms with Crippen molar-refractivity contribution in [2.75, 3.05) is 13.7 Å². The van der Waals surface area contributed by atoms with Gasteiger partial charge in [-0.2, -0.15) is 0 Å². The second kappa shape index (κ2) is 16.4. The van der Waals surface area contributed by atoms with E-state index in [2.05, 4.69) is 10.0 Å². The van der Waals surface area contributed by atoms with Crippen molar-refractivity contribution in [3.63, 3.8) is 0 Å². The zero-order chi connectivity index (χ0) is 40.7. The van der Waals surface area contributed by atoms with E-state index in [9.17, 15) is 27.6 Å². The fraction of sp³-hybridized carbons (Fsp3) is 0.674. The van der Waals surface area contributed by atoms with E-state index in [1.54, 1.807) is 20.1 Å².